The summed E-state index contributed by atoms with van der Waals surface area (Å²) < 4.78 is 1.38. The van der Waals surface area contributed by atoms with E-state index in [4.69, 9.17) is 0 Å². The molecule has 1 aromatic carbocycles. The van der Waals surface area contributed by atoms with E-state index in [2.05, 4.69) is 34.6 Å². The normalized spacial score (nSPS) is 17.4. The third-order valence-corrected chi connectivity index (χ3v) is 7.05. The molecule has 2 aliphatic carbocycles. The number of nitrogens with one attached hydrogen (secondary N) is 2. The molecule has 2 aliphatic rings. The van der Waals surface area contributed by atoms with Crippen LogP contribution in [0.2, 0.25) is 0 Å². The number of H-pyrrole nitrogens is 1. The van der Waals surface area contributed by atoms with Crippen molar-refractivity contribution in [3.8, 4) is 17.2 Å². The number of hydrogen-bond donors (Lipinski definition) is 2. The van der Waals surface area contributed by atoms with Crippen LogP contribution in [-0.2, 0) is 7.05 Å². The molecule has 6 heteroatoms. The van der Waals surface area contributed by atoms with Crippen molar-refractivity contribution >= 4 is 28.4 Å². The maximum atomic E-state index is 12.5. The molecule has 2 saturated carbocycles. The van der Waals surface area contributed by atoms with Gasteiger partial charge in [-0.25, -0.2) is 0 Å². The summed E-state index contributed by atoms with van der Waals surface area (Å²) >= 11 is 1.66. The van der Waals surface area contributed by atoms with Crippen molar-refractivity contribution in [1.82, 2.24) is 9.55 Å². The zero-order chi connectivity index (χ0) is 19.3. The fourth-order valence-corrected chi connectivity index (χ4v) is 4.72. The largest absolute Gasteiger partial charge is 0.384 e. The summed E-state index contributed by atoms with van der Waals surface area (Å²) in [6.07, 6.45) is 8.23. The van der Waals surface area contributed by atoms with Gasteiger partial charge in [-0.15, -0.1) is 11.8 Å². The van der Waals surface area contributed by atoms with Crippen LogP contribution in [0.1, 0.15) is 25.7 Å². The van der Waals surface area contributed by atoms with Gasteiger partial charge < -0.3 is 14.9 Å². The van der Waals surface area contributed by atoms with Crippen molar-refractivity contribution in [1.29, 1.82) is 5.26 Å². The first-order valence-corrected chi connectivity index (χ1v) is 10.6. The predicted molar refractivity (Wildman–Crippen MR) is 114 cm³/mol. The minimum Gasteiger partial charge on any atom is -0.384 e. The highest BCUT2D eigenvalue weighted by atomic mass is 32.2. The van der Waals surface area contributed by atoms with Crippen molar-refractivity contribution < 1.29 is 0 Å². The monoisotopic (exact) mass is 390 g/mol. The van der Waals surface area contributed by atoms with Crippen LogP contribution in [0.15, 0.2) is 46.3 Å². The van der Waals surface area contributed by atoms with Gasteiger partial charge in [-0.2, -0.15) is 5.26 Å². The lowest BCUT2D eigenvalue weighted by molar-refractivity contribution is 0.871. The van der Waals surface area contributed by atoms with Gasteiger partial charge in [0.2, 0.25) is 0 Å². The molecular weight excluding hydrogens is 368 g/mol. The molecule has 0 amide bonds. The zero-order valence-electron chi connectivity index (χ0n) is 15.8. The number of pyridine rings is 1. The number of rotatable bonds is 6. The predicted octanol–water partition coefficient (Wildman–Crippen LogP) is 4.50. The number of hydrogen-bond acceptors (Lipinski definition) is 4. The van der Waals surface area contributed by atoms with E-state index in [9.17, 15) is 10.1 Å². The van der Waals surface area contributed by atoms with E-state index in [1.165, 1.54) is 12.8 Å². The smallest absolute Gasteiger partial charge is 0.274 e. The lowest BCUT2D eigenvalue weighted by atomic mass is 10.0. The van der Waals surface area contributed by atoms with E-state index in [1.54, 1.807) is 23.4 Å². The van der Waals surface area contributed by atoms with Gasteiger partial charge in [0.25, 0.3) is 5.56 Å². The van der Waals surface area contributed by atoms with Gasteiger partial charge in [0.15, 0.2) is 0 Å². The molecular formula is C22H22N4OS. The Balaban J connectivity index is 1.63. The van der Waals surface area contributed by atoms with E-state index < -0.39 is 0 Å². The van der Waals surface area contributed by atoms with Crippen LogP contribution in [-0.4, -0.2) is 20.8 Å². The van der Waals surface area contributed by atoms with Crippen molar-refractivity contribution in [2.75, 3.05) is 11.9 Å². The SMILES string of the molecule is Cn1cc(-c2cc(SC3(C#N)CC3)ccc2NCC2CC2)c2cc[nH]c2c1=O. The second kappa shape index (κ2) is 6.46. The first-order chi connectivity index (χ1) is 13.6. The molecule has 2 heterocycles. The second-order valence-electron chi connectivity index (χ2n) is 7.97. The zero-order valence-corrected chi connectivity index (χ0v) is 16.6. The molecule has 5 nitrogen and oxygen atoms in total. The molecule has 3 aromatic rings. The Hall–Kier alpha value is -2.65. The van der Waals surface area contributed by atoms with Crippen LogP contribution in [0.3, 0.4) is 0 Å². The highest BCUT2D eigenvalue weighted by molar-refractivity contribution is 8.01. The molecule has 0 saturated heterocycles. The molecule has 0 bridgehead atoms. The highest BCUT2D eigenvalue weighted by Crippen LogP contribution is 2.52. The number of benzene rings is 1. The summed E-state index contributed by atoms with van der Waals surface area (Å²) in [5, 5.41) is 14.0. The molecule has 0 spiro atoms. The van der Waals surface area contributed by atoms with Crippen molar-refractivity contribution in [3.05, 3.63) is 47.0 Å². The number of fused-ring (bicyclic) bond motifs is 1. The topological polar surface area (TPSA) is 73.6 Å². The van der Waals surface area contributed by atoms with Crippen LogP contribution in [0.4, 0.5) is 5.69 Å². The Labute approximate surface area is 167 Å². The summed E-state index contributed by atoms with van der Waals surface area (Å²) in [6.45, 7) is 0.976. The minimum absolute atomic E-state index is 0.0248. The molecule has 0 unspecified atom stereocenters. The fraction of sp³-hybridized carbons (Fsp3) is 0.364. The van der Waals surface area contributed by atoms with Gasteiger partial charge in [0.05, 0.1) is 6.07 Å². The molecule has 2 N–H and O–H groups in total. The van der Waals surface area contributed by atoms with Crippen LogP contribution >= 0.6 is 11.8 Å². The minimum atomic E-state index is -0.257. The van der Waals surface area contributed by atoms with Gasteiger partial charge >= 0.3 is 0 Å². The van der Waals surface area contributed by atoms with Gasteiger partial charge in [-0.05, 0) is 55.9 Å². The summed E-state index contributed by atoms with van der Waals surface area (Å²) in [7, 11) is 1.79. The third-order valence-electron chi connectivity index (χ3n) is 5.67. The Morgan fingerprint density at radius 2 is 2.14 bits per heavy atom. The maximum absolute atomic E-state index is 12.5. The number of aromatic nitrogens is 2. The van der Waals surface area contributed by atoms with Crippen molar-refractivity contribution in [3.63, 3.8) is 0 Å². The lowest BCUT2D eigenvalue weighted by Crippen LogP contribution is -2.16. The molecule has 0 atom stereocenters. The van der Waals surface area contributed by atoms with Gasteiger partial charge in [0, 0.05) is 53.1 Å². The highest BCUT2D eigenvalue weighted by Gasteiger charge is 2.44. The average molecular weight is 391 g/mol. The molecule has 0 radical (unpaired) electrons. The average Bonchev–Trinajstić information content (AvgIpc) is 3.62. The third kappa shape index (κ3) is 3.10. The van der Waals surface area contributed by atoms with E-state index in [-0.39, 0.29) is 10.3 Å². The summed E-state index contributed by atoms with van der Waals surface area (Å²) in [4.78, 5) is 16.6. The van der Waals surface area contributed by atoms with Crippen molar-refractivity contribution in [2.45, 2.75) is 35.3 Å². The quantitative estimate of drug-likeness (QED) is 0.650. The Morgan fingerprint density at radius 3 is 2.86 bits per heavy atom. The standard InChI is InChI=1S/C22H22N4OS/c1-26-12-18(16-6-9-24-20(16)21(26)27)17-10-15(28-22(13-23)7-8-22)4-5-19(17)25-11-14-2-3-14/h4-6,9-10,12,14,24-25H,2-3,7-8,11H2,1H3. The number of nitriles is 1. The maximum Gasteiger partial charge on any atom is 0.274 e. The molecule has 0 aliphatic heterocycles. The van der Waals surface area contributed by atoms with Gasteiger partial charge in [-0.1, -0.05) is 0 Å². The first-order valence-electron chi connectivity index (χ1n) is 9.74. The fourth-order valence-electron chi connectivity index (χ4n) is 3.60. The van der Waals surface area contributed by atoms with Crippen LogP contribution < -0.4 is 10.9 Å². The number of nitrogens with zero attached hydrogens (tertiary/aromatic N) is 2. The summed E-state index contributed by atoms with van der Waals surface area (Å²) in [5.74, 6) is 0.766. The number of aryl methyl sites for hydroxylation is 1. The number of anilines is 1. The number of aromatic amines is 1. The molecule has 142 valence electrons. The van der Waals surface area contributed by atoms with E-state index in [1.807, 2.05) is 18.5 Å². The van der Waals surface area contributed by atoms with E-state index in [0.29, 0.717) is 5.52 Å². The van der Waals surface area contributed by atoms with Gasteiger partial charge in [-0.3, -0.25) is 4.79 Å². The van der Waals surface area contributed by atoms with E-state index in [0.717, 1.165) is 52.4 Å². The summed E-state index contributed by atoms with van der Waals surface area (Å²) in [6, 6.07) is 10.8. The lowest BCUT2D eigenvalue weighted by Gasteiger charge is -2.16. The van der Waals surface area contributed by atoms with Crippen LogP contribution in [0.25, 0.3) is 22.0 Å². The Bertz CT molecular complexity index is 1160. The molecule has 28 heavy (non-hydrogen) atoms. The van der Waals surface area contributed by atoms with E-state index >= 15 is 0 Å². The first kappa shape index (κ1) is 17.4. The number of thioether (sulfide) groups is 1. The van der Waals surface area contributed by atoms with Crippen LogP contribution in [0, 0.1) is 17.2 Å². The molecule has 5 rings (SSSR count). The Morgan fingerprint density at radius 1 is 1.32 bits per heavy atom. The van der Waals surface area contributed by atoms with Gasteiger partial charge in [0.1, 0.15) is 10.3 Å². The molecule has 2 fully saturated rings. The summed E-state index contributed by atoms with van der Waals surface area (Å²) in [5.41, 5.74) is 3.80. The van der Waals surface area contributed by atoms with Crippen molar-refractivity contribution in [2.24, 2.45) is 13.0 Å². The molecule has 2 aromatic heterocycles. The second-order valence-corrected chi connectivity index (χ2v) is 9.42. The van der Waals surface area contributed by atoms with Crippen LogP contribution in [0.5, 0.6) is 0 Å². The Kier molecular flexibility index (Phi) is 4.02.